The van der Waals surface area contributed by atoms with Crippen molar-refractivity contribution in [2.75, 3.05) is 33.7 Å². The Labute approximate surface area is 84.5 Å². The fourth-order valence-corrected chi connectivity index (χ4v) is 2.89. The van der Waals surface area contributed by atoms with Gasteiger partial charge in [0.05, 0.1) is 5.92 Å². The van der Waals surface area contributed by atoms with Crippen molar-refractivity contribution in [3.63, 3.8) is 0 Å². The first-order valence-electron chi connectivity index (χ1n) is 5.21. The first-order valence-corrected chi connectivity index (χ1v) is 5.21. The predicted octanol–water partition coefficient (Wildman–Crippen LogP) is -0.0471. The quantitative estimate of drug-likeness (QED) is 0.641. The Morgan fingerprint density at radius 2 is 2.07 bits per heavy atom. The highest BCUT2D eigenvalue weighted by atomic mass is 16.4. The Bertz CT molecular complexity index is 244. The van der Waals surface area contributed by atoms with Crippen LogP contribution in [0.4, 0.5) is 0 Å². The van der Waals surface area contributed by atoms with E-state index in [0.29, 0.717) is 12.0 Å². The molecule has 2 saturated heterocycles. The summed E-state index contributed by atoms with van der Waals surface area (Å²) in [5.41, 5.74) is 0. The van der Waals surface area contributed by atoms with E-state index in [2.05, 4.69) is 16.8 Å². The van der Waals surface area contributed by atoms with Gasteiger partial charge in [0.25, 0.3) is 0 Å². The van der Waals surface area contributed by atoms with Crippen LogP contribution in [0.25, 0.3) is 0 Å². The third-order valence-electron chi connectivity index (χ3n) is 3.72. The number of fused-ring (bicyclic) bond motifs is 1. The molecule has 2 aliphatic rings. The summed E-state index contributed by atoms with van der Waals surface area (Å²) in [5.74, 6) is -0.388. The molecule has 0 aromatic heterocycles. The van der Waals surface area contributed by atoms with Gasteiger partial charge in [-0.15, -0.1) is 0 Å². The number of likely N-dealkylation sites (tertiary alicyclic amines) is 2. The number of nitrogens with zero attached hydrogens (tertiary/aromatic N) is 2. The minimum absolute atomic E-state index is 0.140. The number of likely N-dealkylation sites (N-methyl/N-ethyl adjacent to an activating group) is 2. The van der Waals surface area contributed by atoms with E-state index in [-0.39, 0.29) is 5.92 Å². The second-order valence-electron chi connectivity index (χ2n) is 4.67. The average Bonchev–Trinajstić information content (AvgIpc) is 2.44. The van der Waals surface area contributed by atoms with E-state index >= 15 is 0 Å². The number of piperidine rings is 1. The third kappa shape index (κ3) is 1.53. The van der Waals surface area contributed by atoms with Gasteiger partial charge in [-0.25, -0.2) is 0 Å². The number of carboxylic acid groups (broad SMARTS) is 1. The standard InChI is InChI=1S/C10H18N2O2/c1-11-4-3-7-8(10(13)14)5-12(2)9(7)6-11/h7-9H,3-6H2,1-2H3,(H,13,14). The summed E-state index contributed by atoms with van der Waals surface area (Å²) in [6.45, 7) is 2.78. The lowest BCUT2D eigenvalue weighted by molar-refractivity contribution is -0.142. The van der Waals surface area contributed by atoms with Crippen LogP contribution in [-0.2, 0) is 4.79 Å². The van der Waals surface area contributed by atoms with Crippen LogP contribution in [0.3, 0.4) is 0 Å². The SMILES string of the molecule is CN1CCC2C(C(=O)O)CN(C)C2C1. The summed E-state index contributed by atoms with van der Waals surface area (Å²) in [4.78, 5) is 15.5. The Morgan fingerprint density at radius 3 is 2.71 bits per heavy atom. The number of carbonyl (C=O) groups is 1. The lowest BCUT2D eigenvalue weighted by Gasteiger charge is -2.35. The Balaban J connectivity index is 2.12. The Kier molecular flexibility index (Phi) is 2.49. The molecule has 4 heteroatoms. The topological polar surface area (TPSA) is 43.8 Å². The number of hydrogen-bond donors (Lipinski definition) is 1. The minimum atomic E-state index is -0.617. The largest absolute Gasteiger partial charge is 0.481 e. The molecule has 2 fully saturated rings. The number of hydrogen-bond acceptors (Lipinski definition) is 3. The summed E-state index contributed by atoms with van der Waals surface area (Å²) >= 11 is 0. The summed E-state index contributed by atoms with van der Waals surface area (Å²) in [6.07, 6.45) is 1.03. The normalized spacial score (nSPS) is 39.7. The fourth-order valence-electron chi connectivity index (χ4n) is 2.89. The molecular weight excluding hydrogens is 180 g/mol. The molecule has 0 aromatic carbocycles. The number of carboxylic acids is 1. The van der Waals surface area contributed by atoms with Crippen molar-refractivity contribution in [1.82, 2.24) is 9.80 Å². The van der Waals surface area contributed by atoms with Crippen LogP contribution in [0, 0.1) is 11.8 Å². The maximum absolute atomic E-state index is 11.0. The van der Waals surface area contributed by atoms with Gasteiger partial charge >= 0.3 is 5.97 Å². The van der Waals surface area contributed by atoms with Gasteiger partial charge < -0.3 is 14.9 Å². The first-order chi connectivity index (χ1) is 6.59. The molecule has 2 rings (SSSR count). The zero-order valence-electron chi connectivity index (χ0n) is 8.81. The third-order valence-corrected chi connectivity index (χ3v) is 3.72. The molecule has 2 aliphatic heterocycles. The van der Waals surface area contributed by atoms with Gasteiger partial charge in [0.2, 0.25) is 0 Å². The van der Waals surface area contributed by atoms with E-state index in [4.69, 9.17) is 5.11 Å². The molecule has 0 amide bonds. The van der Waals surface area contributed by atoms with Gasteiger partial charge in [-0.05, 0) is 33.0 Å². The molecule has 0 spiro atoms. The lowest BCUT2D eigenvalue weighted by atomic mass is 9.85. The van der Waals surface area contributed by atoms with E-state index in [1.54, 1.807) is 0 Å². The highest BCUT2D eigenvalue weighted by Crippen LogP contribution is 2.34. The van der Waals surface area contributed by atoms with Gasteiger partial charge in [-0.3, -0.25) is 4.79 Å². The zero-order chi connectivity index (χ0) is 10.3. The van der Waals surface area contributed by atoms with Crippen LogP contribution in [0.1, 0.15) is 6.42 Å². The molecule has 3 atom stereocenters. The Hall–Kier alpha value is -0.610. The molecule has 2 heterocycles. The number of aliphatic carboxylic acids is 1. The van der Waals surface area contributed by atoms with Crippen molar-refractivity contribution in [2.45, 2.75) is 12.5 Å². The van der Waals surface area contributed by atoms with Gasteiger partial charge in [-0.1, -0.05) is 0 Å². The van der Waals surface area contributed by atoms with Crippen LogP contribution in [-0.4, -0.2) is 60.6 Å². The highest BCUT2D eigenvalue weighted by Gasteiger charge is 2.45. The molecule has 0 aliphatic carbocycles. The molecule has 14 heavy (non-hydrogen) atoms. The van der Waals surface area contributed by atoms with Gasteiger partial charge in [0, 0.05) is 19.1 Å². The van der Waals surface area contributed by atoms with Gasteiger partial charge in [0.1, 0.15) is 0 Å². The van der Waals surface area contributed by atoms with Crippen molar-refractivity contribution >= 4 is 5.97 Å². The molecule has 1 N–H and O–H groups in total. The maximum Gasteiger partial charge on any atom is 0.308 e. The summed E-state index contributed by atoms with van der Waals surface area (Å²) < 4.78 is 0. The van der Waals surface area contributed by atoms with Crippen molar-refractivity contribution in [3.05, 3.63) is 0 Å². The van der Waals surface area contributed by atoms with Crippen LogP contribution in [0.15, 0.2) is 0 Å². The van der Waals surface area contributed by atoms with Crippen molar-refractivity contribution in [1.29, 1.82) is 0 Å². The summed E-state index contributed by atoms with van der Waals surface area (Å²) in [6, 6.07) is 0.454. The van der Waals surface area contributed by atoms with E-state index in [0.717, 1.165) is 26.1 Å². The molecule has 80 valence electrons. The van der Waals surface area contributed by atoms with E-state index < -0.39 is 5.97 Å². The van der Waals surface area contributed by atoms with Crippen molar-refractivity contribution < 1.29 is 9.90 Å². The molecule has 0 aromatic rings. The monoisotopic (exact) mass is 198 g/mol. The summed E-state index contributed by atoms with van der Waals surface area (Å²) in [7, 11) is 4.15. The zero-order valence-corrected chi connectivity index (χ0v) is 8.81. The second-order valence-corrected chi connectivity index (χ2v) is 4.67. The van der Waals surface area contributed by atoms with Crippen LogP contribution in [0.2, 0.25) is 0 Å². The fraction of sp³-hybridized carbons (Fsp3) is 0.900. The molecule has 0 saturated carbocycles. The maximum atomic E-state index is 11.0. The second kappa shape index (κ2) is 3.51. The molecule has 3 unspecified atom stereocenters. The number of rotatable bonds is 1. The molecule has 0 radical (unpaired) electrons. The summed E-state index contributed by atoms with van der Waals surface area (Å²) in [5, 5.41) is 9.10. The van der Waals surface area contributed by atoms with Crippen LogP contribution < -0.4 is 0 Å². The van der Waals surface area contributed by atoms with Crippen LogP contribution in [0.5, 0.6) is 0 Å². The smallest absolute Gasteiger partial charge is 0.308 e. The molecule has 0 bridgehead atoms. The molecular formula is C10H18N2O2. The lowest BCUT2D eigenvalue weighted by Crippen LogP contribution is -2.46. The highest BCUT2D eigenvalue weighted by molar-refractivity contribution is 5.71. The molecule has 4 nitrogen and oxygen atoms in total. The van der Waals surface area contributed by atoms with Gasteiger partial charge in [0.15, 0.2) is 0 Å². The minimum Gasteiger partial charge on any atom is -0.481 e. The van der Waals surface area contributed by atoms with Crippen molar-refractivity contribution in [2.24, 2.45) is 11.8 Å². The van der Waals surface area contributed by atoms with E-state index in [1.807, 2.05) is 7.05 Å². The average molecular weight is 198 g/mol. The van der Waals surface area contributed by atoms with E-state index in [9.17, 15) is 4.79 Å². The van der Waals surface area contributed by atoms with Gasteiger partial charge in [-0.2, -0.15) is 0 Å². The van der Waals surface area contributed by atoms with Crippen LogP contribution >= 0.6 is 0 Å². The van der Waals surface area contributed by atoms with Crippen molar-refractivity contribution in [3.8, 4) is 0 Å². The predicted molar refractivity (Wildman–Crippen MR) is 53.1 cm³/mol. The van der Waals surface area contributed by atoms with E-state index in [1.165, 1.54) is 0 Å². The Morgan fingerprint density at radius 1 is 1.36 bits per heavy atom. The first kappa shape index (κ1) is 9.93.